The van der Waals surface area contributed by atoms with Crippen LogP contribution in [0.4, 0.5) is 0 Å². The topological polar surface area (TPSA) is 217 Å². The number of halogens is 9. The van der Waals surface area contributed by atoms with Gasteiger partial charge in [-0.2, -0.15) is 15.3 Å². The molecule has 570 valence electrons. The van der Waals surface area contributed by atoms with Gasteiger partial charge in [-0.15, -0.1) is 0 Å². The molecular weight excluding hydrogens is 1600 g/mol. The number of hydrogen-bond donors (Lipinski definition) is 4. The molecule has 18 nitrogen and oxygen atoms in total. The molecule has 3 aromatic heterocycles. The number of morpholine rings is 1. The fourth-order valence-corrected chi connectivity index (χ4v) is 16.5. The van der Waals surface area contributed by atoms with E-state index in [9.17, 15) is 22.8 Å². The zero-order valence-corrected chi connectivity index (χ0v) is 67.3. The molecule has 5 heterocycles. The van der Waals surface area contributed by atoms with Crippen LogP contribution in [0.1, 0.15) is 165 Å². The smallest absolute Gasteiger partial charge is 0.286 e. The van der Waals surface area contributed by atoms with Gasteiger partial charge in [0.2, 0.25) is 10.0 Å². The van der Waals surface area contributed by atoms with E-state index in [2.05, 4.69) is 34.4 Å². The molecule has 10 aromatic rings. The molecule has 2 fully saturated rings. The number of fused-ring (bicyclic) bond motifs is 3. The summed E-state index contributed by atoms with van der Waals surface area (Å²) in [7, 11) is -3.80. The maximum Gasteiger partial charge on any atom is 0.286 e. The number of aromatic nitrogens is 6. The van der Waals surface area contributed by atoms with Crippen LogP contribution >= 0.6 is 104 Å². The summed E-state index contributed by atoms with van der Waals surface area (Å²) in [5.41, 5.74) is 21.7. The Morgan fingerprint density at radius 2 is 0.727 bits per heavy atom. The molecule has 110 heavy (non-hydrogen) atoms. The van der Waals surface area contributed by atoms with Crippen LogP contribution < -0.4 is 21.3 Å². The zero-order valence-electron chi connectivity index (χ0n) is 59.6. The second-order valence-corrected chi connectivity index (χ2v) is 32.6. The Kier molecular flexibility index (Phi) is 26.8. The Hall–Kier alpha value is -7.80. The summed E-state index contributed by atoms with van der Waals surface area (Å²) >= 11 is 56.7. The van der Waals surface area contributed by atoms with Crippen LogP contribution in [0.15, 0.2) is 157 Å². The minimum atomic E-state index is -3.80. The van der Waals surface area contributed by atoms with Crippen LogP contribution in [0, 0.1) is 0 Å². The maximum atomic E-state index is 13.5. The van der Waals surface area contributed by atoms with E-state index in [1.165, 1.54) is 18.6 Å². The number of carbonyl (C=O) groups excluding carboxylic acids is 3. The van der Waals surface area contributed by atoms with Gasteiger partial charge in [-0.3, -0.25) is 25.2 Å². The van der Waals surface area contributed by atoms with Gasteiger partial charge in [0, 0.05) is 79.5 Å². The van der Waals surface area contributed by atoms with E-state index in [0.717, 1.165) is 169 Å². The molecule has 0 saturated carbocycles. The van der Waals surface area contributed by atoms with Gasteiger partial charge in [-0.1, -0.05) is 159 Å². The normalized spacial score (nSPS) is 16.6. The standard InChI is InChI=1S/C29H25Cl3N4O3S.C27H27Cl3N4O.C26H25Cl3N4O2/c30-21-9-5-18(6-10-21)15-20-3-1-2-4-24-27(35-36(28(20)24)26-14-11-22(31)16-25(26)32)29(37)34-17-19-7-12-23(13-8-19)40(33,38)39;28-20-10-8-18(9-11-20)16-19-6-2-3-7-22-25(27(35)32-33-14-4-1-5-15-33)31-34(26(19)22)24-13-12-21(29)17-23(24)30;27-19-7-5-17(6-8-19)15-18-3-1-2-4-21-24(26(34)31-32-11-13-35-14-12-32)30-33(25(18)21)23-10-9-20(28)16-22(23)29/h5-16H,1-4,17H2,(H,34,37)(H2,33,38,39);8-13,16-17H,1-7,14-15H2,(H,32,35);5-10,15-16H,1-4,11-14H2,(H,31,34)/b20-15+;19-16+;18-15+. The van der Waals surface area contributed by atoms with Crippen LogP contribution in [0.3, 0.4) is 0 Å². The first-order valence-corrected chi connectivity index (χ1v) is 41.2. The molecule has 0 radical (unpaired) electrons. The highest BCUT2D eigenvalue weighted by atomic mass is 35.5. The molecule has 3 aliphatic carbocycles. The average Bonchev–Trinajstić information content (AvgIpc) is 1.62. The number of hydrogen-bond acceptors (Lipinski definition) is 11. The number of nitrogens with two attached hydrogens (primary N) is 1. The van der Waals surface area contributed by atoms with Crippen molar-refractivity contribution in [2.75, 3.05) is 39.4 Å². The molecular formula is C82H77Cl9N12O6S. The van der Waals surface area contributed by atoms with E-state index < -0.39 is 10.0 Å². The van der Waals surface area contributed by atoms with Crippen molar-refractivity contribution in [3.63, 3.8) is 0 Å². The number of nitrogens with zero attached hydrogens (tertiary/aromatic N) is 8. The van der Waals surface area contributed by atoms with Crippen LogP contribution in [0.2, 0.25) is 45.2 Å². The first-order valence-electron chi connectivity index (χ1n) is 36.3. The fourth-order valence-electron chi connectivity index (χ4n) is 14.1. The molecule has 0 spiro atoms. The predicted molar refractivity (Wildman–Crippen MR) is 443 cm³/mol. The van der Waals surface area contributed by atoms with Gasteiger partial charge in [-0.25, -0.2) is 37.6 Å². The molecule has 28 heteroatoms. The van der Waals surface area contributed by atoms with E-state index in [4.69, 9.17) is 130 Å². The lowest BCUT2D eigenvalue weighted by Crippen LogP contribution is -2.48. The number of nitrogens with one attached hydrogen (secondary N) is 3. The Bertz CT molecular complexity index is 5070. The van der Waals surface area contributed by atoms with Crippen LogP contribution in [-0.4, -0.2) is 105 Å². The minimum absolute atomic E-state index is 0.00601. The predicted octanol–water partition coefficient (Wildman–Crippen LogP) is 20.0. The first-order chi connectivity index (χ1) is 53.1. The Balaban J connectivity index is 0.000000145. The fraction of sp³-hybridized carbons (Fsp3) is 0.268. The monoisotopic (exact) mass is 1670 g/mol. The number of sulfonamides is 1. The van der Waals surface area contributed by atoms with Crippen molar-refractivity contribution in [3.05, 3.63) is 270 Å². The maximum absolute atomic E-state index is 13.5. The van der Waals surface area contributed by atoms with Gasteiger partial charge in [0.15, 0.2) is 17.1 Å². The molecule has 3 amide bonds. The molecule has 0 bridgehead atoms. The van der Waals surface area contributed by atoms with E-state index >= 15 is 0 Å². The minimum Gasteiger partial charge on any atom is -0.379 e. The SMILES string of the molecule is NS(=O)(=O)c1ccc(CNC(=O)c2nn(-c3ccc(Cl)cc3Cl)c3c2CCCC/C3=C\c2ccc(Cl)cc2)cc1.O=C(NN1CCCCC1)c1nn(-c2ccc(Cl)cc2Cl)c2c1CCCC/C2=C\c1ccc(Cl)cc1.O=C(NN1CCOCC1)c1nn(-c2ccc(Cl)cc2Cl)c2c1CCCC/C2=C\c1ccc(Cl)cc1. The quantitative estimate of drug-likeness (QED) is 0.0751. The molecule has 5 aliphatic rings. The number of carbonyl (C=O) groups is 3. The number of piperidine rings is 1. The average molecular weight is 1680 g/mol. The Morgan fingerprint density at radius 1 is 0.400 bits per heavy atom. The van der Waals surface area contributed by atoms with Gasteiger partial charge in [-0.05, 0) is 250 Å². The lowest BCUT2D eigenvalue weighted by molar-refractivity contribution is 0.0124. The highest BCUT2D eigenvalue weighted by Gasteiger charge is 2.33. The second-order valence-electron chi connectivity index (χ2n) is 27.2. The molecule has 0 unspecified atom stereocenters. The van der Waals surface area contributed by atoms with Gasteiger partial charge in [0.1, 0.15) is 0 Å². The van der Waals surface area contributed by atoms with Gasteiger partial charge in [0.05, 0.1) is 67.3 Å². The van der Waals surface area contributed by atoms with Crippen LogP contribution in [-0.2, 0) is 40.6 Å². The summed E-state index contributed by atoms with van der Waals surface area (Å²) in [4.78, 5) is 40.4. The van der Waals surface area contributed by atoms with Gasteiger partial charge in [0.25, 0.3) is 17.7 Å². The third-order valence-corrected chi connectivity index (χ3v) is 22.8. The van der Waals surface area contributed by atoms with Gasteiger partial charge < -0.3 is 10.1 Å². The molecule has 7 aromatic carbocycles. The molecule has 0 atom stereocenters. The van der Waals surface area contributed by atoms with Crippen molar-refractivity contribution in [1.82, 2.24) is 55.5 Å². The number of rotatable bonds is 14. The zero-order chi connectivity index (χ0) is 77.2. The highest BCUT2D eigenvalue weighted by molar-refractivity contribution is 7.89. The number of benzene rings is 7. The third-order valence-electron chi connectivity index (χ3n) is 19.5. The number of amides is 3. The summed E-state index contributed by atoms with van der Waals surface area (Å²) in [6.07, 6.45) is 20.3. The van der Waals surface area contributed by atoms with E-state index in [1.54, 1.807) is 64.0 Å². The highest BCUT2D eigenvalue weighted by Crippen LogP contribution is 2.41. The van der Waals surface area contributed by atoms with Crippen molar-refractivity contribution >= 4 is 167 Å². The summed E-state index contributed by atoms with van der Waals surface area (Å²) in [6.45, 7) is 4.35. The first kappa shape index (κ1) is 80.3. The summed E-state index contributed by atoms with van der Waals surface area (Å²) in [5.74, 6) is -0.734. The molecule has 2 aliphatic heterocycles. The van der Waals surface area contributed by atoms with Crippen molar-refractivity contribution in [3.8, 4) is 17.1 Å². The second kappa shape index (κ2) is 36.8. The van der Waals surface area contributed by atoms with Crippen molar-refractivity contribution < 1.29 is 27.5 Å². The third kappa shape index (κ3) is 19.8. The van der Waals surface area contributed by atoms with Crippen molar-refractivity contribution in [1.29, 1.82) is 0 Å². The number of allylic oxidation sites excluding steroid dienone is 3. The number of hydrazine groups is 2. The molecule has 2 saturated heterocycles. The van der Waals surface area contributed by atoms with Crippen LogP contribution in [0.5, 0.6) is 0 Å². The van der Waals surface area contributed by atoms with Gasteiger partial charge >= 0.3 is 0 Å². The van der Waals surface area contributed by atoms with Crippen molar-refractivity contribution in [2.24, 2.45) is 5.14 Å². The van der Waals surface area contributed by atoms with E-state index in [1.807, 2.05) is 99.6 Å². The summed E-state index contributed by atoms with van der Waals surface area (Å²) in [5, 5.41) is 31.4. The number of ether oxygens (including phenoxy) is 1. The molecule has 15 rings (SSSR count). The largest absolute Gasteiger partial charge is 0.379 e. The number of primary sulfonamides is 1. The summed E-state index contributed by atoms with van der Waals surface area (Å²) < 4.78 is 33.9. The Labute approximate surface area is 684 Å². The van der Waals surface area contributed by atoms with E-state index in [0.29, 0.717) is 112 Å². The lowest BCUT2D eigenvalue weighted by Gasteiger charge is -2.26. The Morgan fingerprint density at radius 3 is 1.07 bits per heavy atom. The van der Waals surface area contributed by atoms with E-state index in [-0.39, 0.29) is 29.2 Å². The molecule has 5 N–H and O–H groups in total. The van der Waals surface area contributed by atoms with Crippen molar-refractivity contribution in [2.45, 2.75) is 108 Å². The van der Waals surface area contributed by atoms with Crippen LogP contribution in [0.25, 0.3) is 52.0 Å². The lowest BCUT2D eigenvalue weighted by atomic mass is 10.0. The summed E-state index contributed by atoms with van der Waals surface area (Å²) in [6, 6.07) is 45.0.